The second-order valence-corrected chi connectivity index (χ2v) is 9.38. The molecule has 3 atom stereocenters. The van der Waals surface area contributed by atoms with Gasteiger partial charge in [-0.25, -0.2) is 9.59 Å². The molecule has 11 heteroatoms. The lowest BCUT2D eigenvalue weighted by Gasteiger charge is -2.49. The van der Waals surface area contributed by atoms with E-state index in [4.69, 9.17) is 10.5 Å². The number of nitrogens with two attached hydrogens (primary N) is 1. The molecule has 0 aliphatic carbocycles. The van der Waals surface area contributed by atoms with Crippen molar-refractivity contribution in [2.45, 2.75) is 17.3 Å². The van der Waals surface area contributed by atoms with E-state index in [-0.39, 0.29) is 11.4 Å². The molecule has 4 rings (SSSR count). The van der Waals surface area contributed by atoms with Crippen molar-refractivity contribution >= 4 is 47.5 Å². The SMILES string of the molecule is COC(=O)c1cccc(C=CC2=C(C(=O)O)N3C(=O)C(NC(=O)C(C(N)=O)c4ccccc4)[C@H]3SC2)c1. The maximum atomic E-state index is 13.0. The zero-order chi connectivity index (χ0) is 26.7. The molecule has 1 fully saturated rings. The third-order valence-electron chi connectivity index (χ3n) is 5.96. The van der Waals surface area contributed by atoms with Crippen LogP contribution in [0.3, 0.4) is 0 Å². The number of nitrogens with one attached hydrogen (secondary N) is 1. The molecular weight excluding hydrogens is 498 g/mol. The Labute approximate surface area is 216 Å². The number of hydrogen-bond donors (Lipinski definition) is 3. The van der Waals surface area contributed by atoms with E-state index in [1.165, 1.54) is 18.9 Å². The summed E-state index contributed by atoms with van der Waals surface area (Å²) >= 11 is 1.29. The first-order valence-electron chi connectivity index (χ1n) is 11.1. The van der Waals surface area contributed by atoms with Gasteiger partial charge in [-0.15, -0.1) is 11.8 Å². The van der Waals surface area contributed by atoms with Gasteiger partial charge in [0.15, 0.2) is 0 Å². The summed E-state index contributed by atoms with van der Waals surface area (Å²) < 4.78 is 4.72. The average molecular weight is 522 g/mol. The largest absolute Gasteiger partial charge is 0.477 e. The number of allylic oxidation sites excluding steroid dienone is 1. The summed E-state index contributed by atoms with van der Waals surface area (Å²) in [5, 5.41) is 11.8. The Balaban J connectivity index is 1.53. The average Bonchev–Trinajstić information content (AvgIpc) is 2.90. The normalized spacial score (nSPS) is 19.6. The van der Waals surface area contributed by atoms with Gasteiger partial charge in [0.1, 0.15) is 23.0 Å². The van der Waals surface area contributed by atoms with Crippen molar-refractivity contribution < 1.29 is 33.8 Å². The number of carboxylic acids is 1. The number of thioether (sulfide) groups is 1. The number of amides is 3. The molecule has 0 aromatic heterocycles. The van der Waals surface area contributed by atoms with Gasteiger partial charge in [0.2, 0.25) is 11.8 Å². The van der Waals surface area contributed by atoms with E-state index in [9.17, 15) is 29.1 Å². The van der Waals surface area contributed by atoms with Crippen LogP contribution in [0.4, 0.5) is 0 Å². The molecule has 0 radical (unpaired) electrons. The minimum atomic E-state index is -1.29. The van der Waals surface area contributed by atoms with Crippen molar-refractivity contribution in [3.63, 3.8) is 0 Å². The Morgan fingerprint density at radius 3 is 2.51 bits per heavy atom. The van der Waals surface area contributed by atoms with Gasteiger partial charge in [0.25, 0.3) is 5.91 Å². The number of benzene rings is 2. The minimum absolute atomic E-state index is 0.186. The van der Waals surface area contributed by atoms with Crippen LogP contribution in [0.1, 0.15) is 27.4 Å². The number of primary amides is 1. The Bertz CT molecular complexity index is 1340. The fraction of sp³-hybridized carbons (Fsp3) is 0.192. The highest BCUT2D eigenvalue weighted by atomic mass is 32.2. The number of rotatable bonds is 8. The first kappa shape index (κ1) is 25.7. The molecule has 3 amide bonds. The van der Waals surface area contributed by atoms with Gasteiger partial charge in [-0.1, -0.05) is 54.6 Å². The molecule has 2 aromatic rings. The van der Waals surface area contributed by atoms with Crippen LogP contribution in [0.2, 0.25) is 0 Å². The van der Waals surface area contributed by atoms with Crippen LogP contribution in [0.15, 0.2) is 71.9 Å². The first-order chi connectivity index (χ1) is 17.7. The third kappa shape index (κ3) is 5.12. The summed E-state index contributed by atoms with van der Waals surface area (Å²) in [5.74, 6) is -5.00. The topological polar surface area (TPSA) is 156 Å². The molecule has 190 valence electrons. The van der Waals surface area contributed by atoms with Crippen LogP contribution in [-0.4, -0.2) is 63.9 Å². The highest BCUT2D eigenvalue weighted by Gasteiger charge is 2.54. The maximum Gasteiger partial charge on any atom is 0.352 e. The molecule has 2 unspecified atom stereocenters. The number of carboxylic acid groups (broad SMARTS) is 1. The summed E-state index contributed by atoms with van der Waals surface area (Å²) in [6.45, 7) is 0. The number of hydrogen-bond acceptors (Lipinski definition) is 7. The van der Waals surface area contributed by atoms with Crippen molar-refractivity contribution in [2.75, 3.05) is 12.9 Å². The molecule has 2 heterocycles. The third-order valence-corrected chi connectivity index (χ3v) is 7.26. The molecule has 0 saturated carbocycles. The lowest BCUT2D eigenvalue weighted by Crippen LogP contribution is -2.71. The molecule has 4 N–H and O–H groups in total. The monoisotopic (exact) mass is 521 g/mol. The van der Waals surface area contributed by atoms with Gasteiger partial charge in [-0.2, -0.15) is 0 Å². The predicted octanol–water partition coefficient (Wildman–Crippen LogP) is 1.49. The van der Waals surface area contributed by atoms with Gasteiger partial charge in [-0.3, -0.25) is 19.3 Å². The fourth-order valence-corrected chi connectivity index (χ4v) is 5.50. The number of aliphatic carboxylic acids is 1. The van der Waals surface area contributed by atoms with Gasteiger partial charge in [0, 0.05) is 5.75 Å². The van der Waals surface area contributed by atoms with E-state index in [1.54, 1.807) is 66.7 Å². The summed E-state index contributed by atoms with van der Waals surface area (Å²) in [6.07, 6.45) is 3.23. The van der Waals surface area contributed by atoms with E-state index in [0.717, 1.165) is 4.90 Å². The molecule has 2 aliphatic rings. The van der Waals surface area contributed by atoms with Gasteiger partial charge < -0.3 is 20.9 Å². The van der Waals surface area contributed by atoms with E-state index in [1.807, 2.05) is 0 Å². The lowest BCUT2D eigenvalue weighted by molar-refractivity contribution is -0.151. The number of carbonyl (C=O) groups is 5. The molecule has 10 nitrogen and oxygen atoms in total. The van der Waals surface area contributed by atoms with E-state index >= 15 is 0 Å². The maximum absolute atomic E-state index is 13.0. The number of ether oxygens (including phenoxy) is 1. The van der Waals surface area contributed by atoms with Crippen LogP contribution in [0.25, 0.3) is 6.08 Å². The molecule has 0 spiro atoms. The summed E-state index contributed by atoms with van der Waals surface area (Å²) in [5.41, 5.74) is 7.04. The van der Waals surface area contributed by atoms with Crippen LogP contribution in [-0.2, 0) is 23.9 Å². The summed E-state index contributed by atoms with van der Waals surface area (Å²) in [4.78, 5) is 62.8. The molecular formula is C26H23N3O7S. The second-order valence-electron chi connectivity index (χ2n) is 8.27. The van der Waals surface area contributed by atoms with Gasteiger partial charge >= 0.3 is 11.9 Å². The fourth-order valence-electron chi connectivity index (χ4n) is 4.18. The van der Waals surface area contributed by atoms with E-state index in [0.29, 0.717) is 22.3 Å². The zero-order valence-electron chi connectivity index (χ0n) is 19.6. The lowest BCUT2D eigenvalue weighted by atomic mass is 9.95. The molecule has 0 bridgehead atoms. The number of nitrogens with zero attached hydrogens (tertiary/aromatic N) is 1. The van der Waals surface area contributed by atoms with Crippen molar-refractivity contribution in [3.8, 4) is 0 Å². The number of esters is 1. The minimum Gasteiger partial charge on any atom is -0.477 e. The van der Waals surface area contributed by atoms with Gasteiger partial charge in [0.05, 0.1) is 12.7 Å². The second kappa shape index (κ2) is 10.7. The number of methoxy groups -OCH3 is 1. The standard InChI is InChI=1S/C26H23N3O7S/c1-36-26(35)16-9-5-6-14(12-16)10-11-17-13-37-24-19(23(32)29(24)20(17)25(33)34)28-22(31)18(21(27)30)15-7-3-2-4-8-15/h2-12,18-19,24H,13H2,1H3,(H2,27,30)(H,28,31)(H,33,34)/t18?,19?,24-/m1/s1. The van der Waals surface area contributed by atoms with Crippen LogP contribution in [0, 0.1) is 0 Å². The van der Waals surface area contributed by atoms with Crippen LogP contribution in [0.5, 0.6) is 0 Å². The summed E-state index contributed by atoms with van der Waals surface area (Å²) in [7, 11) is 1.28. The zero-order valence-corrected chi connectivity index (χ0v) is 20.4. The Morgan fingerprint density at radius 1 is 1.14 bits per heavy atom. The van der Waals surface area contributed by atoms with Gasteiger partial charge in [-0.05, 0) is 28.8 Å². The molecule has 2 aliphatic heterocycles. The van der Waals surface area contributed by atoms with Crippen molar-refractivity contribution in [1.82, 2.24) is 10.2 Å². The Morgan fingerprint density at radius 2 is 1.86 bits per heavy atom. The van der Waals surface area contributed by atoms with Crippen molar-refractivity contribution in [2.24, 2.45) is 5.73 Å². The Hall–Kier alpha value is -4.38. The highest BCUT2D eigenvalue weighted by Crippen LogP contribution is 2.41. The number of carbonyl (C=O) groups excluding carboxylic acids is 4. The van der Waals surface area contributed by atoms with Crippen LogP contribution >= 0.6 is 11.8 Å². The first-order valence-corrected chi connectivity index (χ1v) is 12.2. The number of fused-ring (bicyclic) bond motifs is 1. The number of β-lactam (4-membered cyclic amide) rings is 1. The van der Waals surface area contributed by atoms with E-state index in [2.05, 4.69) is 5.32 Å². The van der Waals surface area contributed by atoms with Crippen LogP contribution < -0.4 is 11.1 Å². The molecule has 1 saturated heterocycles. The molecule has 2 aromatic carbocycles. The predicted molar refractivity (Wildman–Crippen MR) is 135 cm³/mol. The quantitative estimate of drug-likeness (QED) is 0.268. The Kier molecular flexibility index (Phi) is 7.44. The smallest absolute Gasteiger partial charge is 0.352 e. The van der Waals surface area contributed by atoms with E-state index < -0.39 is 47.0 Å². The molecule has 37 heavy (non-hydrogen) atoms. The highest BCUT2D eigenvalue weighted by molar-refractivity contribution is 8.00. The van der Waals surface area contributed by atoms with Crippen molar-refractivity contribution in [3.05, 3.63) is 88.6 Å². The summed E-state index contributed by atoms with van der Waals surface area (Å²) in [6, 6.07) is 13.8. The van der Waals surface area contributed by atoms with Crippen molar-refractivity contribution in [1.29, 1.82) is 0 Å².